The van der Waals surface area contributed by atoms with Gasteiger partial charge in [0, 0.05) is 30.9 Å². The molecule has 3 heteroatoms. The molecule has 0 aromatic heterocycles. The van der Waals surface area contributed by atoms with Crippen LogP contribution in [0, 0.1) is 0 Å². The Morgan fingerprint density at radius 3 is 2.78 bits per heavy atom. The van der Waals surface area contributed by atoms with Crippen molar-refractivity contribution in [2.24, 2.45) is 0 Å². The first-order chi connectivity index (χ1) is 11.3. The molecule has 0 bridgehead atoms. The molecule has 0 spiro atoms. The summed E-state index contributed by atoms with van der Waals surface area (Å²) < 4.78 is 0. The largest absolute Gasteiger partial charge is 0.384 e. The summed E-state index contributed by atoms with van der Waals surface area (Å²) in [5.74, 6) is 0.207. The van der Waals surface area contributed by atoms with E-state index in [0.29, 0.717) is 13.0 Å². The summed E-state index contributed by atoms with van der Waals surface area (Å²) in [5, 5.41) is 3.41. The highest BCUT2D eigenvalue weighted by Gasteiger charge is 2.21. The van der Waals surface area contributed by atoms with E-state index in [1.807, 2.05) is 17.0 Å². The lowest BCUT2D eigenvalue weighted by Crippen LogP contribution is -2.36. The highest BCUT2D eigenvalue weighted by atomic mass is 16.2. The van der Waals surface area contributed by atoms with Gasteiger partial charge in [-0.25, -0.2) is 0 Å². The maximum absolute atomic E-state index is 12.6. The average Bonchev–Trinajstić information content (AvgIpc) is 2.61. The van der Waals surface area contributed by atoms with Crippen molar-refractivity contribution in [3.8, 4) is 0 Å². The number of hydrogen-bond acceptors (Lipinski definition) is 2. The standard InChI is InChI=1S/C20H24N2O/c1-2-16-8-3-5-11-18(16)21-14-13-20(23)22-15-7-10-17-9-4-6-12-19(17)22/h3-6,8-9,11-12,21H,2,7,10,13-15H2,1H3. The van der Waals surface area contributed by atoms with E-state index in [4.69, 9.17) is 0 Å². The number of fused-ring (bicyclic) bond motifs is 1. The minimum atomic E-state index is 0.207. The van der Waals surface area contributed by atoms with E-state index < -0.39 is 0 Å². The van der Waals surface area contributed by atoms with Crippen molar-refractivity contribution in [3.05, 3.63) is 59.7 Å². The number of amides is 1. The number of carbonyl (C=O) groups is 1. The smallest absolute Gasteiger partial charge is 0.228 e. The lowest BCUT2D eigenvalue weighted by atomic mass is 10.0. The second-order valence-electron chi connectivity index (χ2n) is 5.97. The first-order valence-corrected chi connectivity index (χ1v) is 8.49. The third-order valence-electron chi connectivity index (χ3n) is 4.46. The fourth-order valence-corrected chi connectivity index (χ4v) is 3.23. The number of benzene rings is 2. The summed E-state index contributed by atoms with van der Waals surface area (Å²) in [6.07, 6.45) is 3.64. The Bertz CT molecular complexity index is 681. The van der Waals surface area contributed by atoms with Crippen LogP contribution in [0.3, 0.4) is 0 Å². The molecule has 23 heavy (non-hydrogen) atoms. The molecule has 0 saturated carbocycles. The van der Waals surface area contributed by atoms with Gasteiger partial charge >= 0.3 is 0 Å². The number of aryl methyl sites for hydroxylation is 2. The van der Waals surface area contributed by atoms with E-state index in [9.17, 15) is 4.79 Å². The maximum Gasteiger partial charge on any atom is 0.228 e. The number of hydrogen-bond donors (Lipinski definition) is 1. The van der Waals surface area contributed by atoms with E-state index in [1.54, 1.807) is 0 Å². The van der Waals surface area contributed by atoms with Crippen LogP contribution in [0.25, 0.3) is 0 Å². The second kappa shape index (κ2) is 7.32. The zero-order chi connectivity index (χ0) is 16.1. The van der Waals surface area contributed by atoms with Gasteiger partial charge in [0.05, 0.1) is 0 Å². The summed E-state index contributed by atoms with van der Waals surface area (Å²) in [5.41, 5.74) is 4.82. The monoisotopic (exact) mass is 308 g/mol. The Balaban J connectivity index is 1.60. The molecule has 1 heterocycles. The number of para-hydroxylation sites is 2. The SMILES string of the molecule is CCc1ccccc1NCCC(=O)N1CCCc2ccccc21. The fraction of sp³-hybridized carbons (Fsp3) is 0.350. The van der Waals surface area contributed by atoms with Crippen LogP contribution in [0.15, 0.2) is 48.5 Å². The van der Waals surface area contributed by atoms with Crippen molar-refractivity contribution in [3.63, 3.8) is 0 Å². The predicted octanol–water partition coefficient (Wildman–Crippen LogP) is 4.03. The molecule has 0 atom stereocenters. The summed E-state index contributed by atoms with van der Waals surface area (Å²) >= 11 is 0. The molecule has 3 rings (SSSR count). The molecular formula is C20H24N2O. The number of nitrogens with zero attached hydrogens (tertiary/aromatic N) is 1. The molecule has 1 aliphatic heterocycles. The summed E-state index contributed by atoms with van der Waals surface area (Å²) in [4.78, 5) is 14.5. The van der Waals surface area contributed by atoms with Gasteiger partial charge in [-0.2, -0.15) is 0 Å². The van der Waals surface area contributed by atoms with Gasteiger partial charge < -0.3 is 10.2 Å². The predicted molar refractivity (Wildman–Crippen MR) is 96.0 cm³/mol. The van der Waals surface area contributed by atoms with Gasteiger partial charge in [-0.3, -0.25) is 4.79 Å². The number of nitrogens with one attached hydrogen (secondary N) is 1. The molecule has 0 aliphatic carbocycles. The average molecular weight is 308 g/mol. The van der Waals surface area contributed by atoms with Crippen molar-refractivity contribution in [1.82, 2.24) is 0 Å². The lowest BCUT2D eigenvalue weighted by Gasteiger charge is -2.29. The highest BCUT2D eigenvalue weighted by molar-refractivity contribution is 5.94. The second-order valence-corrected chi connectivity index (χ2v) is 5.97. The van der Waals surface area contributed by atoms with Gasteiger partial charge in [-0.1, -0.05) is 43.3 Å². The Kier molecular flexibility index (Phi) is 4.96. The van der Waals surface area contributed by atoms with Crippen LogP contribution in [0.4, 0.5) is 11.4 Å². The van der Waals surface area contributed by atoms with Crippen LogP contribution in [0.5, 0.6) is 0 Å². The third kappa shape index (κ3) is 3.55. The Morgan fingerprint density at radius 1 is 1.13 bits per heavy atom. The van der Waals surface area contributed by atoms with Crippen LogP contribution < -0.4 is 10.2 Å². The molecule has 0 unspecified atom stereocenters. The van der Waals surface area contributed by atoms with Gasteiger partial charge in [-0.05, 0) is 42.5 Å². The molecular weight excluding hydrogens is 284 g/mol. The topological polar surface area (TPSA) is 32.3 Å². The van der Waals surface area contributed by atoms with Gasteiger partial charge in [0.25, 0.3) is 0 Å². The molecule has 1 amide bonds. The molecule has 0 fully saturated rings. The van der Waals surface area contributed by atoms with Crippen molar-refractivity contribution >= 4 is 17.3 Å². The number of carbonyl (C=O) groups excluding carboxylic acids is 1. The summed E-state index contributed by atoms with van der Waals surface area (Å²) in [6.45, 7) is 3.66. The van der Waals surface area contributed by atoms with Crippen LogP contribution in [0.1, 0.15) is 30.9 Å². The van der Waals surface area contributed by atoms with E-state index >= 15 is 0 Å². The van der Waals surface area contributed by atoms with Crippen molar-refractivity contribution in [1.29, 1.82) is 0 Å². The minimum absolute atomic E-state index is 0.207. The van der Waals surface area contributed by atoms with Crippen molar-refractivity contribution in [2.45, 2.75) is 32.6 Å². The normalized spacial score (nSPS) is 13.5. The van der Waals surface area contributed by atoms with E-state index in [2.05, 4.69) is 48.6 Å². The molecule has 3 nitrogen and oxygen atoms in total. The Labute approximate surface area is 138 Å². The van der Waals surface area contributed by atoms with Crippen molar-refractivity contribution in [2.75, 3.05) is 23.3 Å². The highest BCUT2D eigenvalue weighted by Crippen LogP contribution is 2.27. The zero-order valence-electron chi connectivity index (χ0n) is 13.7. The van der Waals surface area contributed by atoms with Gasteiger partial charge in [-0.15, -0.1) is 0 Å². The molecule has 0 saturated heterocycles. The van der Waals surface area contributed by atoms with Crippen molar-refractivity contribution < 1.29 is 4.79 Å². The van der Waals surface area contributed by atoms with E-state index in [1.165, 1.54) is 11.1 Å². The third-order valence-corrected chi connectivity index (χ3v) is 4.46. The Hall–Kier alpha value is -2.29. The Morgan fingerprint density at radius 2 is 1.91 bits per heavy atom. The zero-order valence-corrected chi connectivity index (χ0v) is 13.7. The molecule has 2 aromatic carbocycles. The van der Waals surface area contributed by atoms with Gasteiger partial charge in [0.1, 0.15) is 0 Å². The summed E-state index contributed by atoms with van der Waals surface area (Å²) in [6, 6.07) is 16.6. The maximum atomic E-state index is 12.6. The minimum Gasteiger partial charge on any atom is -0.384 e. The van der Waals surface area contributed by atoms with Crippen LogP contribution in [-0.2, 0) is 17.6 Å². The van der Waals surface area contributed by atoms with Gasteiger partial charge in [0.2, 0.25) is 5.91 Å². The molecule has 0 radical (unpaired) electrons. The molecule has 1 aliphatic rings. The molecule has 2 aromatic rings. The fourth-order valence-electron chi connectivity index (χ4n) is 3.23. The van der Waals surface area contributed by atoms with Gasteiger partial charge in [0.15, 0.2) is 0 Å². The molecule has 1 N–H and O–H groups in total. The first kappa shape index (κ1) is 15.6. The molecule has 120 valence electrons. The number of rotatable bonds is 5. The van der Waals surface area contributed by atoms with Crippen LogP contribution >= 0.6 is 0 Å². The summed E-state index contributed by atoms with van der Waals surface area (Å²) in [7, 11) is 0. The first-order valence-electron chi connectivity index (χ1n) is 8.49. The number of anilines is 2. The van der Waals surface area contributed by atoms with Crippen LogP contribution in [0.2, 0.25) is 0 Å². The van der Waals surface area contributed by atoms with Crippen LogP contribution in [-0.4, -0.2) is 19.0 Å². The lowest BCUT2D eigenvalue weighted by molar-refractivity contribution is -0.118. The van der Waals surface area contributed by atoms with E-state index in [0.717, 1.165) is 37.2 Å². The quantitative estimate of drug-likeness (QED) is 0.904. The van der Waals surface area contributed by atoms with E-state index in [-0.39, 0.29) is 5.91 Å².